The van der Waals surface area contributed by atoms with Crippen LogP contribution in [0.25, 0.3) is 22.4 Å². The van der Waals surface area contributed by atoms with Gasteiger partial charge in [-0.2, -0.15) is 5.10 Å². The molecule has 0 aliphatic rings. The third-order valence-electron chi connectivity index (χ3n) is 5.86. The van der Waals surface area contributed by atoms with Gasteiger partial charge in [-0.25, -0.2) is 9.48 Å². The molecule has 0 saturated carbocycles. The van der Waals surface area contributed by atoms with E-state index in [2.05, 4.69) is 20.7 Å². The Morgan fingerprint density at radius 1 is 0.974 bits per heavy atom. The highest BCUT2D eigenvalue weighted by Gasteiger charge is 2.16. The molecule has 2 aromatic carbocycles. The van der Waals surface area contributed by atoms with E-state index in [4.69, 9.17) is 23.2 Å². The van der Waals surface area contributed by atoms with Crippen LogP contribution in [0.1, 0.15) is 25.3 Å². The van der Waals surface area contributed by atoms with E-state index < -0.39 is 23.5 Å². The minimum atomic E-state index is -0.903. The summed E-state index contributed by atoms with van der Waals surface area (Å²) in [6.07, 6.45) is 2.67. The number of rotatable bonds is 7. The van der Waals surface area contributed by atoms with Crippen LogP contribution in [-0.4, -0.2) is 31.9 Å². The number of carboxylic acids is 1. The molecule has 11 heteroatoms. The number of carbonyl (C=O) groups excluding carboxylic acids is 1. The zero-order chi connectivity index (χ0) is 27.4. The fraction of sp³-hybridized carbons (Fsp3) is 0.148. The Labute approximate surface area is 228 Å². The number of halogens is 2. The molecule has 9 nitrogen and oxygen atoms in total. The second kappa shape index (κ2) is 11.5. The van der Waals surface area contributed by atoms with Crippen molar-refractivity contribution in [3.63, 3.8) is 0 Å². The molecule has 0 aliphatic heterocycles. The van der Waals surface area contributed by atoms with Gasteiger partial charge < -0.3 is 15.7 Å². The van der Waals surface area contributed by atoms with Crippen LogP contribution in [0.5, 0.6) is 0 Å². The van der Waals surface area contributed by atoms with E-state index in [-0.39, 0.29) is 28.0 Å². The minimum Gasteiger partial charge on any atom is -0.481 e. The Hall–Kier alpha value is -4.21. The number of carbonyl (C=O) groups is 2. The topological polar surface area (TPSA) is 126 Å². The summed E-state index contributed by atoms with van der Waals surface area (Å²) in [6.45, 7) is 3.68. The smallest absolute Gasteiger partial charge is 0.323 e. The lowest BCUT2D eigenvalue weighted by atomic mass is 9.95. The van der Waals surface area contributed by atoms with Gasteiger partial charge in [0.2, 0.25) is 0 Å². The van der Waals surface area contributed by atoms with Crippen molar-refractivity contribution in [2.24, 2.45) is 0 Å². The summed E-state index contributed by atoms with van der Waals surface area (Å²) in [6, 6.07) is 15.6. The molecule has 0 spiro atoms. The molecular weight excluding hydrogens is 529 g/mol. The molecule has 0 radical (unpaired) electrons. The number of aryl methyl sites for hydroxylation is 1. The number of urea groups is 1. The quantitative estimate of drug-likeness (QED) is 0.253. The van der Waals surface area contributed by atoms with Gasteiger partial charge in [0.1, 0.15) is 5.69 Å². The average Bonchev–Trinajstić information content (AvgIpc) is 2.91. The summed E-state index contributed by atoms with van der Waals surface area (Å²) in [7, 11) is 0. The number of nitrogens with one attached hydrogen (secondary N) is 2. The van der Waals surface area contributed by atoms with Gasteiger partial charge in [-0.15, -0.1) is 0 Å². The predicted molar refractivity (Wildman–Crippen MR) is 148 cm³/mol. The van der Waals surface area contributed by atoms with Crippen LogP contribution < -0.4 is 16.2 Å². The second-order valence-electron chi connectivity index (χ2n) is 8.39. The minimum absolute atomic E-state index is 0.0123. The fourth-order valence-electron chi connectivity index (χ4n) is 3.77. The van der Waals surface area contributed by atoms with Crippen LogP contribution in [0, 0.1) is 0 Å². The lowest BCUT2D eigenvalue weighted by Crippen LogP contribution is -2.29. The Morgan fingerprint density at radius 3 is 2.26 bits per heavy atom. The van der Waals surface area contributed by atoms with Gasteiger partial charge in [-0.1, -0.05) is 65.7 Å². The number of aliphatic carboxylic acids is 1. The molecule has 194 valence electrons. The molecule has 2 amide bonds. The lowest BCUT2D eigenvalue weighted by molar-refractivity contribution is -0.138. The van der Waals surface area contributed by atoms with Crippen LogP contribution >= 0.6 is 23.2 Å². The summed E-state index contributed by atoms with van der Waals surface area (Å²) in [4.78, 5) is 40.9. The number of hydrogen-bond acceptors (Lipinski definition) is 5. The van der Waals surface area contributed by atoms with Crippen LogP contribution in [-0.2, 0) is 11.3 Å². The van der Waals surface area contributed by atoms with Gasteiger partial charge in [0.25, 0.3) is 5.56 Å². The first kappa shape index (κ1) is 26.8. The molecule has 3 N–H and O–H groups in total. The summed E-state index contributed by atoms with van der Waals surface area (Å²) >= 11 is 12.1. The number of anilines is 2. The number of nitrogens with zero attached hydrogens (tertiary/aromatic N) is 3. The molecule has 2 heterocycles. The number of amides is 2. The Morgan fingerprint density at radius 2 is 1.61 bits per heavy atom. The maximum absolute atomic E-state index is 12.9. The monoisotopic (exact) mass is 551 g/mol. The van der Waals surface area contributed by atoms with Crippen LogP contribution in [0.4, 0.5) is 16.2 Å². The standard InChI is InChI=1S/C27H23Cl2N5O4/c1-3-34-25(35)23(31-27(38)32-24-20(28)13-30-14-21(24)29)12-22(33-34)19-9-5-8-18(11-19)17-7-4-6-16(10-17)15(2)26(36)37/h4-15H,3H2,1-2H3,(H,36,37)(H2,30,31,32,38). The van der Waals surface area contributed by atoms with E-state index in [1.165, 1.54) is 23.1 Å². The van der Waals surface area contributed by atoms with E-state index in [0.29, 0.717) is 16.8 Å². The number of hydrogen-bond donors (Lipinski definition) is 3. The highest BCUT2D eigenvalue weighted by molar-refractivity contribution is 6.39. The van der Waals surface area contributed by atoms with Gasteiger partial charge in [-0.05, 0) is 42.7 Å². The molecule has 4 aromatic rings. The van der Waals surface area contributed by atoms with Crippen molar-refractivity contribution in [2.75, 3.05) is 10.6 Å². The van der Waals surface area contributed by atoms with Crippen molar-refractivity contribution in [3.8, 4) is 22.4 Å². The van der Waals surface area contributed by atoms with Gasteiger partial charge in [0.15, 0.2) is 0 Å². The predicted octanol–water partition coefficient (Wildman–Crippen LogP) is 6.13. The first-order valence-electron chi connectivity index (χ1n) is 11.6. The molecule has 0 bridgehead atoms. The van der Waals surface area contributed by atoms with Gasteiger partial charge in [-0.3, -0.25) is 14.6 Å². The SMILES string of the molecule is CCn1nc(-c2cccc(-c3cccc(C(C)C(=O)O)c3)c2)cc(NC(=O)Nc2c(Cl)cncc2Cl)c1=O. The van der Waals surface area contributed by atoms with E-state index in [1.807, 2.05) is 42.5 Å². The van der Waals surface area contributed by atoms with Crippen LogP contribution in [0.2, 0.25) is 10.0 Å². The first-order chi connectivity index (χ1) is 18.2. The first-order valence-corrected chi connectivity index (χ1v) is 12.4. The summed E-state index contributed by atoms with van der Waals surface area (Å²) in [5.41, 5.74) is 3.22. The maximum atomic E-state index is 12.9. The van der Waals surface area contributed by atoms with E-state index in [9.17, 15) is 19.5 Å². The van der Waals surface area contributed by atoms with Crippen molar-refractivity contribution in [1.82, 2.24) is 14.8 Å². The van der Waals surface area contributed by atoms with Gasteiger partial charge in [0, 0.05) is 24.5 Å². The highest BCUT2D eigenvalue weighted by atomic mass is 35.5. The number of pyridine rings is 1. The summed E-state index contributed by atoms with van der Waals surface area (Å²) in [5, 5.41) is 19.2. The third kappa shape index (κ3) is 5.85. The van der Waals surface area contributed by atoms with Crippen molar-refractivity contribution >= 4 is 46.6 Å². The van der Waals surface area contributed by atoms with Crippen molar-refractivity contribution in [2.45, 2.75) is 26.3 Å². The number of carboxylic acid groups (broad SMARTS) is 1. The molecular formula is C27H23Cl2N5O4. The normalized spacial score (nSPS) is 11.6. The molecule has 38 heavy (non-hydrogen) atoms. The van der Waals surface area contributed by atoms with Crippen molar-refractivity contribution < 1.29 is 14.7 Å². The molecule has 4 rings (SSSR count). The molecule has 2 aromatic heterocycles. The molecule has 0 fully saturated rings. The van der Waals surface area contributed by atoms with E-state index in [0.717, 1.165) is 11.1 Å². The molecule has 1 atom stereocenters. The zero-order valence-electron chi connectivity index (χ0n) is 20.4. The van der Waals surface area contributed by atoms with Gasteiger partial charge >= 0.3 is 12.0 Å². The highest BCUT2D eigenvalue weighted by Crippen LogP contribution is 2.30. The van der Waals surface area contributed by atoms with E-state index >= 15 is 0 Å². The number of aromatic nitrogens is 3. The largest absolute Gasteiger partial charge is 0.481 e. The number of benzene rings is 2. The molecule has 0 aliphatic carbocycles. The molecule has 0 saturated heterocycles. The van der Waals surface area contributed by atoms with Crippen molar-refractivity contribution in [1.29, 1.82) is 0 Å². The third-order valence-corrected chi connectivity index (χ3v) is 6.44. The summed E-state index contributed by atoms with van der Waals surface area (Å²) < 4.78 is 1.25. The zero-order valence-corrected chi connectivity index (χ0v) is 21.9. The van der Waals surface area contributed by atoms with Crippen molar-refractivity contribution in [3.05, 3.63) is 93.0 Å². The van der Waals surface area contributed by atoms with Crippen LogP contribution in [0.3, 0.4) is 0 Å². The Kier molecular flexibility index (Phi) is 8.09. The van der Waals surface area contributed by atoms with Gasteiger partial charge in [0.05, 0.1) is 27.3 Å². The maximum Gasteiger partial charge on any atom is 0.323 e. The molecule has 1 unspecified atom stereocenters. The average molecular weight is 552 g/mol. The van der Waals surface area contributed by atoms with E-state index in [1.54, 1.807) is 19.9 Å². The fourth-order valence-corrected chi connectivity index (χ4v) is 4.23. The van der Waals surface area contributed by atoms with Crippen LogP contribution in [0.15, 0.2) is 71.8 Å². The Balaban J connectivity index is 1.67. The Bertz CT molecular complexity index is 1570. The summed E-state index contributed by atoms with van der Waals surface area (Å²) in [5.74, 6) is -1.55. The second-order valence-corrected chi connectivity index (χ2v) is 9.20. The lowest BCUT2D eigenvalue weighted by Gasteiger charge is -2.13.